The van der Waals surface area contributed by atoms with Crippen molar-refractivity contribution in [3.05, 3.63) is 81.1 Å². The molecular formula is C25H24Cl2IN4O3P. The molecule has 1 saturated heterocycles. The van der Waals surface area contributed by atoms with Crippen molar-refractivity contribution >= 4 is 63.0 Å². The van der Waals surface area contributed by atoms with Crippen molar-refractivity contribution in [2.24, 2.45) is 0 Å². The molecule has 0 radical (unpaired) electrons. The van der Waals surface area contributed by atoms with Gasteiger partial charge in [-0.25, -0.2) is 0 Å². The zero-order valence-corrected chi connectivity index (χ0v) is 23.8. The van der Waals surface area contributed by atoms with E-state index in [0.717, 1.165) is 54.1 Å². The number of pyridine rings is 1. The van der Waals surface area contributed by atoms with Gasteiger partial charge in [-0.3, -0.25) is 10.4 Å². The van der Waals surface area contributed by atoms with Gasteiger partial charge in [0.15, 0.2) is 0 Å². The van der Waals surface area contributed by atoms with E-state index >= 15 is 0 Å². The summed E-state index contributed by atoms with van der Waals surface area (Å²) < 4.78 is 18.4. The highest BCUT2D eigenvalue weighted by atomic mass is 127. The normalized spacial score (nSPS) is 16.5. The van der Waals surface area contributed by atoms with Crippen molar-refractivity contribution in [3.63, 3.8) is 0 Å². The molecule has 1 unspecified atom stereocenters. The van der Waals surface area contributed by atoms with Crippen LogP contribution in [0.25, 0.3) is 0 Å². The Balaban J connectivity index is 1.38. The number of aromatic nitrogens is 1. The lowest BCUT2D eigenvalue weighted by Crippen LogP contribution is -2.49. The lowest BCUT2D eigenvalue weighted by atomic mass is 9.97. The van der Waals surface area contributed by atoms with Gasteiger partial charge in [-0.05, 0) is 58.4 Å². The molecule has 1 fully saturated rings. The lowest BCUT2D eigenvalue weighted by Gasteiger charge is -2.41. The van der Waals surface area contributed by atoms with Crippen LogP contribution in [-0.2, 0) is 18.0 Å². The number of fused-ring (bicyclic) bond motifs is 1. The van der Waals surface area contributed by atoms with E-state index in [2.05, 4.69) is 37.4 Å². The van der Waals surface area contributed by atoms with E-state index in [9.17, 15) is 0 Å². The Bertz CT molecular complexity index is 1270. The van der Waals surface area contributed by atoms with Crippen LogP contribution in [0.3, 0.4) is 0 Å². The molecule has 2 aliphatic rings. The predicted molar refractivity (Wildman–Crippen MR) is 154 cm³/mol. The summed E-state index contributed by atoms with van der Waals surface area (Å²) in [5.41, 5.74) is 4.36. The summed E-state index contributed by atoms with van der Waals surface area (Å²) in [6, 6.07) is 11.5. The summed E-state index contributed by atoms with van der Waals surface area (Å²) in [5.74, 6) is 0.895. The summed E-state index contributed by atoms with van der Waals surface area (Å²) in [6.45, 7) is 2.42. The molecule has 2 aliphatic heterocycles. The van der Waals surface area contributed by atoms with Crippen LogP contribution in [0.2, 0.25) is 10.0 Å². The molecule has 3 N–H and O–H groups in total. The second-order valence-electron chi connectivity index (χ2n) is 8.55. The fourth-order valence-electron chi connectivity index (χ4n) is 4.31. The zero-order chi connectivity index (χ0) is 25.1. The van der Waals surface area contributed by atoms with Crippen LogP contribution in [0.5, 0.6) is 11.5 Å². The Labute approximate surface area is 234 Å². The van der Waals surface area contributed by atoms with Gasteiger partial charge in [0.2, 0.25) is 5.79 Å². The van der Waals surface area contributed by atoms with Gasteiger partial charge in [-0.15, -0.1) is 0 Å². The molecule has 1 aromatic heterocycles. The van der Waals surface area contributed by atoms with Crippen molar-refractivity contribution in [1.29, 1.82) is 5.41 Å². The van der Waals surface area contributed by atoms with Crippen molar-refractivity contribution in [2.75, 3.05) is 18.2 Å². The van der Waals surface area contributed by atoms with Crippen molar-refractivity contribution in [2.45, 2.75) is 31.8 Å². The largest absolute Gasteiger partial charge is 0.489 e. The molecule has 5 rings (SSSR count). The number of rotatable bonds is 7. The first-order valence-electron chi connectivity index (χ1n) is 11.4. The number of benzene rings is 2. The summed E-state index contributed by atoms with van der Waals surface area (Å²) in [4.78, 5) is 3.98. The highest BCUT2D eigenvalue weighted by Gasteiger charge is 2.39. The number of nitrogens with one attached hydrogen (secondary N) is 3. The van der Waals surface area contributed by atoms with Gasteiger partial charge in [-0.2, -0.15) is 0 Å². The first-order valence-corrected chi connectivity index (χ1v) is 16.3. The minimum Gasteiger partial charge on any atom is -0.489 e. The standard InChI is InChI=1S/C25H24Cl2IN4O3P/c26-20-11-31-12-21(27)19(20)14-33-17-2-3-22(32-36-28)18(10-17)24(29)15-1-4-23-16(9-15)13-34-25(35-23)5-7-30-8-6-25/h1-4,9-12,29-30,32,36H,5-8,13-14H2. The minimum atomic E-state index is -0.544. The first-order chi connectivity index (χ1) is 17.5. The maximum atomic E-state index is 9.02. The highest BCUT2D eigenvalue weighted by Crippen LogP contribution is 2.38. The second-order valence-corrected chi connectivity index (χ2v) is 11.4. The number of piperidine rings is 1. The molecule has 3 aromatic rings. The Morgan fingerprint density at radius 2 is 1.94 bits per heavy atom. The van der Waals surface area contributed by atoms with E-state index in [1.165, 1.54) is 12.4 Å². The fourth-order valence-corrected chi connectivity index (χ4v) is 5.97. The van der Waals surface area contributed by atoms with Gasteiger partial charge in [0, 0.05) is 72.6 Å². The van der Waals surface area contributed by atoms with Crippen LogP contribution in [0.1, 0.15) is 35.1 Å². The van der Waals surface area contributed by atoms with E-state index < -0.39 is 5.79 Å². The Hall–Kier alpha value is -1.68. The molecule has 3 heterocycles. The van der Waals surface area contributed by atoms with E-state index in [1.54, 1.807) is 0 Å². The molecule has 0 aliphatic carbocycles. The minimum absolute atomic E-state index is 0.193. The molecule has 2 aromatic carbocycles. The zero-order valence-electron chi connectivity index (χ0n) is 19.2. The molecule has 7 nitrogen and oxygen atoms in total. The molecule has 11 heteroatoms. The number of ether oxygens (including phenoxy) is 3. The summed E-state index contributed by atoms with van der Waals surface area (Å²) >= 11 is 14.7. The van der Waals surface area contributed by atoms with Crippen LogP contribution in [0.4, 0.5) is 5.69 Å². The number of hydrogen-bond acceptors (Lipinski definition) is 7. The third-order valence-corrected chi connectivity index (χ3v) is 8.10. The van der Waals surface area contributed by atoms with E-state index in [4.69, 9.17) is 42.8 Å². The first kappa shape index (κ1) is 25.9. The Morgan fingerprint density at radius 3 is 2.69 bits per heavy atom. The third-order valence-electron chi connectivity index (χ3n) is 6.28. The predicted octanol–water partition coefficient (Wildman–Crippen LogP) is 6.73. The Morgan fingerprint density at radius 1 is 1.17 bits per heavy atom. The van der Waals surface area contributed by atoms with Gasteiger partial charge in [0.25, 0.3) is 0 Å². The average molecular weight is 657 g/mol. The lowest BCUT2D eigenvalue weighted by molar-refractivity contribution is -0.218. The van der Waals surface area contributed by atoms with Crippen molar-refractivity contribution < 1.29 is 14.2 Å². The van der Waals surface area contributed by atoms with Gasteiger partial charge in [0.1, 0.15) is 18.1 Å². The number of halogens is 3. The van der Waals surface area contributed by atoms with Gasteiger partial charge < -0.3 is 24.6 Å². The molecule has 1 spiro atoms. The maximum Gasteiger partial charge on any atom is 0.213 e. The molecule has 0 amide bonds. The van der Waals surface area contributed by atoms with Crippen LogP contribution in [0, 0.1) is 5.41 Å². The average Bonchev–Trinajstić information content (AvgIpc) is 2.89. The molecule has 36 heavy (non-hydrogen) atoms. The van der Waals surface area contributed by atoms with E-state index in [-0.39, 0.29) is 6.61 Å². The number of nitrogens with zero attached hydrogens (tertiary/aromatic N) is 1. The van der Waals surface area contributed by atoms with Crippen LogP contribution < -0.4 is 19.9 Å². The molecule has 188 valence electrons. The summed E-state index contributed by atoms with van der Waals surface area (Å²) in [7, 11) is 0. The number of anilines is 1. The number of hydrogen-bond donors (Lipinski definition) is 3. The fraction of sp³-hybridized carbons (Fsp3) is 0.280. The van der Waals surface area contributed by atoms with Crippen molar-refractivity contribution in [1.82, 2.24) is 10.3 Å². The second kappa shape index (κ2) is 11.4. The van der Waals surface area contributed by atoms with Crippen molar-refractivity contribution in [3.8, 4) is 11.5 Å². The SMILES string of the molecule is N=C(c1ccc2c(c1)COC1(CCNCC1)O2)c1cc(OCc2c(Cl)cncc2Cl)ccc1NPI. The van der Waals surface area contributed by atoms with E-state index in [0.29, 0.717) is 40.1 Å². The topological polar surface area (TPSA) is 88.5 Å². The van der Waals surface area contributed by atoms with Crippen LogP contribution in [0.15, 0.2) is 48.8 Å². The van der Waals surface area contributed by atoms with Crippen LogP contribution in [-0.4, -0.2) is 29.6 Å². The third kappa shape index (κ3) is 5.59. The van der Waals surface area contributed by atoms with Gasteiger partial charge >= 0.3 is 0 Å². The molecule has 1 atom stereocenters. The molecular weight excluding hydrogens is 633 g/mol. The quantitative estimate of drug-likeness (QED) is 0.149. The monoisotopic (exact) mass is 656 g/mol. The molecule has 0 bridgehead atoms. The highest BCUT2D eigenvalue weighted by molar-refractivity contribution is 14.2. The van der Waals surface area contributed by atoms with E-state index in [1.807, 2.05) is 36.4 Å². The molecule has 0 saturated carbocycles. The van der Waals surface area contributed by atoms with Gasteiger partial charge in [0.05, 0.1) is 22.4 Å². The smallest absolute Gasteiger partial charge is 0.213 e. The maximum absolute atomic E-state index is 9.02. The summed E-state index contributed by atoms with van der Waals surface area (Å²) in [5, 5.41) is 16.6. The van der Waals surface area contributed by atoms with Gasteiger partial charge in [-0.1, -0.05) is 23.2 Å². The summed E-state index contributed by atoms with van der Waals surface area (Å²) in [6.07, 6.45) is 5.17. The Kier molecular flexibility index (Phi) is 8.20. The van der Waals surface area contributed by atoms with Crippen LogP contribution >= 0.6 is 51.6 Å².